The Balaban J connectivity index is 1.66. The molecule has 0 atom stereocenters. The van der Waals surface area contributed by atoms with E-state index in [2.05, 4.69) is 56.3 Å². The molecule has 3 aromatic carbocycles. The monoisotopic (exact) mass is 422 g/mol. The second-order valence-electron chi connectivity index (χ2n) is 7.31. The molecule has 0 radical (unpaired) electrons. The second-order valence-corrected chi connectivity index (χ2v) is 7.72. The molecule has 0 aliphatic carbocycles. The van der Waals surface area contributed by atoms with Crippen molar-refractivity contribution in [1.29, 1.82) is 0 Å². The third-order valence-corrected chi connectivity index (χ3v) is 5.38. The van der Waals surface area contributed by atoms with Crippen LogP contribution in [-0.4, -0.2) is 12.6 Å². The Kier molecular flexibility index (Phi) is 7.53. The van der Waals surface area contributed by atoms with E-state index in [4.69, 9.17) is 21.1 Å². The molecule has 0 saturated carbocycles. The van der Waals surface area contributed by atoms with E-state index in [1.165, 1.54) is 22.3 Å². The molecule has 156 valence electrons. The number of carbonyl (C=O) groups excluding carboxylic acids is 1. The van der Waals surface area contributed by atoms with Crippen LogP contribution in [0.25, 0.3) is 11.1 Å². The molecule has 0 N–H and O–H groups in total. The van der Waals surface area contributed by atoms with E-state index in [0.717, 1.165) is 11.1 Å². The van der Waals surface area contributed by atoms with E-state index in [1.54, 1.807) is 13.0 Å². The molecule has 0 unspecified atom stereocenters. The topological polar surface area (TPSA) is 35.5 Å². The maximum Gasteiger partial charge on any atom is 0.306 e. The summed E-state index contributed by atoms with van der Waals surface area (Å²) in [5.74, 6) is 0.495. The van der Waals surface area contributed by atoms with Crippen LogP contribution in [0.4, 0.5) is 0 Å². The van der Waals surface area contributed by atoms with Crippen molar-refractivity contribution in [2.24, 2.45) is 0 Å². The van der Waals surface area contributed by atoms with Gasteiger partial charge in [0.2, 0.25) is 0 Å². The molecule has 0 saturated heterocycles. The first-order valence-electron chi connectivity index (χ1n) is 10.2. The van der Waals surface area contributed by atoms with E-state index < -0.39 is 0 Å². The molecule has 3 aromatic rings. The van der Waals surface area contributed by atoms with Gasteiger partial charge in [-0.25, -0.2) is 0 Å². The zero-order chi connectivity index (χ0) is 21.5. The van der Waals surface area contributed by atoms with Gasteiger partial charge in [0.1, 0.15) is 12.4 Å². The SMILES string of the molecule is CCOC(=O)CCc1ccc(OCc2cccc(-c3c(C)cccc3C)c2)cc1Cl. The minimum Gasteiger partial charge on any atom is -0.489 e. The summed E-state index contributed by atoms with van der Waals surface area (Å²) in [7, 11) is 0. The maximum atomic E-state index is 11.5. The van der Waals surface area contributed by atoms with Gasteiger partial charge in [-0.1, -0.05) is 54.1 Å². The van der Waals surface area contributed by atoms with E-state index in [0.29, 0.717) is 36.8 Å². The van der Waals surface area contributed by atoms with Crippen LogP contribution in [0.3, 0.4) is 0 Å². The van der Waals surface area contributed by atoms with Gasteiger partial charge < -0.3 is 9.47 Å². The van der Waals surface area contributed by atoms with E-state index in [1.807, 2.05) is 12.1 Å². The molecule has 0 aromatic heterocycles. The average molecular weight is 423 g/mol. The lowest BCUT2D eigenvalue weighted by atomic mass is 9.95. The number of benzene rings is 3. The summed E-state index contributed by atoms with van der Waals surface area (Å²) in [5, 5.41) is 0.598. The Morgan fingerprint density at radius 1 is 0.967 bits per heavy atom. The zero-order valence-corrected chi connectivity index (χ0v) is 18.5. The number of halogens is 1. The Bertz CT molecular complexity index is 1010. The lowest BCUT2D eigenvalue weighted by Gasteiger charge is -2.13. The van der Waals surface area contributed by atoms with Crippen molar-refractivity contribution in [3.63, 3.8) is 0 Å². The minimum atomic E-state index is -0.210. The van der Waals surface area contributed by atoms with Gasteiger partial charge in [0.15, 0.2) is 0 Å². The van der Waals surface area contributed by atoms with Gasteiger partial charge in [0.25, 0.3) is 0 Å². The summed E-state index contributed by atoms with van der Waals surface area (Å²) in [4.78, 5) is 11.5. The number of aryl methyl sites for hydroxylation is 3. The highest BCUT2D eigenvalue weighted by atomic mass is 35.5. The molecular formula is C26H27ClO3. The molecule has 0 aliphatic heterocycles. The maximum absolute atomic E-state index is 11.5. The smallest absolute Gasteiger partial charge is 0.306 e. The number of hydrogen-bond donors (Lipinski definition) is 0. The summed E-state index contributed by atoms with van der Waals surface area (Å²) >= 11 is 6.38. The highest BCUT2D eigenvalue weighted by molar-refractivity contribution is 6.31. The summed E-state index contributed by atoms with van der Waals surface area (Å²) in [6, 6.07) is 20.4. The molecule has 0 spiro atoms. The fourth-order valence-electron chi connectivity index (χ4n) is 3.54. The number of hydrogen-bond acceptors (Lipinski definition) is 3. The number of rotatable bonds is 8. The number of esters is 1. The van der Waals surface area contributed by atoms with Crippen LogP contribution in [0.5, 0.6) is 5.75 Å². The van der Waals surface area contributed by atoms with Crippen LogP contribution in [0.2, 0.25) is 5.02 Å². The molecule has 3 rings (SSSR count). The molecule has 0 heterocycles. The molecule has 30 heavy (non-hydrogen) atoms. The van der Waals surface area contributed by atoms with Crippen molar-refractivity contribution in [3.8, 4) is 16.9 Å². The van der Waals surface area contributed by atoms with Gasteiger partial charge >= 0.3 is 5.97 Å². The number of ether oxygens (including phenoxy) is 2. The van der Waals surface area contributed by atoms with Crippen molar-refractivity contribution >= 4 is 17.6 Å². The van der Waals surface area contributed by atoms with Gasteiger partial charge in [0.05, 0.1) is 6.61 Å². The van der Waals surface area contributed by atoms with Gasteiger partial charge in [-0.15, -0.1) is 0 Å². The van der Waals surface area contributed by atoms with Crippen molar-refractivity contribution in [2.75, 3.05) is 6.61 Å². The lowest BCUT2D eigenvalue weighted by Crippen LogP contribution is -2.05. The van der Waals surface area contributed by atoms with Crippen LogP contribution < -0.4 is 4.74 Å². The summed E-state index contributed by atoms with van der Waals surface area (Å²) in [6.45, 7) is 6.92. The Hall–Kier alpha value is -2.78. The third kappa shape index (κ3) is 5.64. The Morgan fingerprint density at radius 2 is 1.70 bits per heavy atom. The normalized spacial score (nSPS) is 10.7. The van der Waals surface area contributed by atoms with Gasteiger partial charge in [-0.3, -0.25) is 4.79 Å². The van der Waals surface area contributed by atoms with Gasteiger partial charge in [-0.2, -0.15) is 0 Å². The first-order valence-corrected chi connectivity index (χ1v) is 10.6. The van der Waals surface area contributed by atoms with E-state index >= 15 is 0 Å². The third-order valence-electron chi connectivity index (χ3n) is 5.03. The molecule has 3 nitrogen and oxygen atoms in total. The molecule has 0 bridgehead atoms. The first-order chi connectivity index (χ1) is 14.5. The van der Waals surface area contributed by atoms with Crippen molar-refractivity contribution in [2.45, 2.75) is 40.2 Å². The average Bonchev–Trinajstić information content (AvgIpc) is 2.72. The highest BCUT2D eigenvalue weighted by Gasteiger charge is 2.09. The quantitative estimate of drug-likeness (QED) is 0.379. The highest BCUT2D eigenvalue weighted by Crippen LogP contribution is 2.29. The second kappa shape index (κ2) is 10.3. The van der Waals surface area contributed by atoms with Crippen molar-refractivity contribution in [3.05, 3.63) is 87.9 Å². The largest absolute Gasteiger partial charge is 0.489 e. The van der Waals surface area contributed by atoms with Crippen LogP contribution in [0.15, 0.2) is 60.7 Å². The van der Waals surface area contributed by atoms with Crippen molar-refractivity contribution in [1.82, 2.24) is 0 Å². The van der Waals surface area contributed by atoms with Crippen LogP contribution in [0.1, 0.15) is 35.6 Å². The molecule has 4 heteroatoms. The fourth-order valence-corrected chi connectivity index (χ4v) is 3.81. The lowest BCUT2D eigenvalue weighted by molar-refractivity contribution is -0.143. The molecule has 0 amide bonds. The summed E-state index contributed by atoms with van der Waals surface area (Å²) in [5.41, 5.74) is 7.00. The Morgan fingerprint density at radius 3 is 2.40 bits per heavy atom. The zero-order valence-electron chi connectivity index (χ0n) is 17.7. The minimum absolute atomic E-state index is 0.210. The molecule has 0 aliphatic rings. The first kappa shape index (κ1) is 21.9. The fraction of sp³-hybridized carbons (Fsp3) is 0.269. The standard InChI is InChI=1S/C26H27ClO3/c1-4-29-25(28)14-12-21-11-13-23(16-24(21)27)30-17-20-9-6-10-22(15-20)26-18(2)7-5-8-19(26)3/h5-11,13,15-16H,4,12,14,17H2,1-3H3. The predicted octanol–water partition coefficient (Wildman–Crippen LogP) is 6.70. The van der Waals surface area contributed by atoms with Crippen LogP contribution >= 0.6 is 11.6 Å². The Labute approximate surface area is 183 Å². The molecular weight excluding hydrogens is 396 g/mol. The van der Waals surface area contributed by atoms with Crippen LogP contribution in [-0.2, 0) is 22.6 Å². The number of carbonyl (C=O) groups is 1. The predicted molar refractivity (Wildman–Crippen MR) is 122 cm³/mol. The van der Waals surface area contributed by atoms with Crippen LogP contribution in [0, 0.1) is 13.8 Å². The molecule has 0 fully saturated rings. The van der Waals surface area contributed by atoms with E-state index in [-0.39, 0.29) is 5.97 Å². The summed E-state index contributed by atoms with van der Waals surface area (Å²) < 4.78 is 10.9. The van der Waals surface area contributed by atoms with Crippen molar-refractivity contribution < 1.29 is 14.3 Å². The summed E-state index contributed by atoms with van der Waals surface area (Å²) in [6.07, 6.45) is 0.870. The van der Waals surface area contributed by atoms with Gasteiger partial charge in [0, 0.05) is 11.4 Å². The van der Waals surface area contributed by atoms with Gasteiger partial charge in [-0.05, 0) is 78.8 Å². The van der Waals surface area contributed by atoms with E-state index in [9.17, 15) is 4.79 Å².